The number of ether oxygens (including phenoxy) is 2. The highest BCUT2D eigenvalue weighted by molar-refractivity contribution is 6.12. The Hall–Kier alpha value is -3.68. The molecule has 1 aliphatic carbocycles. The number of nitrogens with zero attached hydrogens (tertiary/aromatic N) is 2. The van der Waals surface area contributed by atoms with Crippen LogP contribution < -0.4 is 10.1 Å². The predicted molar refractivity (Wildman–Crippen MR) is 156 cm³/mol. The van der Waals surface area contributed by atoms with E-state index >= 15 is 0 Å². The quantitative estimate of drug-likeness (QED) is 0.177. The van der Waals surface area contributed by atoms with E-state index < -0.39 is 0 Å². The van der Waals surface area contributed by atoms with E-state index in [-0.39, 0.29) is 29.1 Å². The van der Waals surface area contributed by atoms with Gasteiger partial charge in [0, 0.05) is 17.7 Å². The fourth-order valence-electron chi connectivity index (χ4n) is 6.02. The van der Waals surface area contributed by atoms with Crippen LogP contribution in [0.4, 0.5) is 0 Å². The van der Waals surface area contributed by atoms with E-state index in [4.69, 9.17) is 9.47 Å². The standard InChI is InChI=1S/C33H39N3O4/c1-22(2)40-29-14-13-26(17-23(29)3)30(35-38)34-31(37)27-12-11-25-15-16-33(19-28(25)18-27)21-39-32(4,5)36(33)20-24-9-7-6-8-10-24/h6-14,17-18,22,38H,15-16,19-21H2,1-5H3,(H,34,35,37). The molecule has 5 rings (SSSR count). The first-order chi connectivity index (χ1) is 19.1. The van der Waals surface area contributed by atoms with Crippen molar-refractivity contribution in [2.24, 2.45) is 5.16 Å². The molecule has 1 saturated heterocycles. The summed E-state index contributed by atoms with van der Waals surface area (Å²) in [5.74, 6) is 0.532. The van der Waals surface area contributed by atoms with Crippen molar-refractivity contribution in [3.63, 3.8) is 0 Å². The van der Waals surface area contributed by atoms with Gasteiger partial charge >= 0.3 is 0 Å². The number of benzene rings is 3. The lowest BCUT2D eigenvalue weighted by molar-refractivity contribution is -0.0673. The molecular weight excluding hydrogens is 502 g/mol. The molecule has 1 heterocycles. The van der Waals surface area contributed by atoms with E-state index in [0.29, 0.717) is 17.7 Å². The summed E-state index contributed by atoms with van der Waals surface area (Å²) in [4.78, 5) is 15.8. The Morgan fingerprint density at radius 3 is 2.52 bits per heavy atom. The lowest BCUT2D eigenvalue weighted by Gasteiger charge is -2.45. The maximum Gasteiger partial charge on any atom is 0.256 e. The Morgan fingerprint density at radius 2 is 1.82 bits per heavy atom. The summed E-state index contributed by atoms with van der Waals surface area (Å²) in [7, 11) is 0. The lowest BCUT2D eigenvalue weighted by atomic mass is 9.76. The molecule has 3 aromatic rings. The first-order valence-corrected chi connectivity index (χ1v) is 14.0. The van der Waals surface area contributed by atoms with Crippen molar-refractivity contribution in [3.8, 4) is 5.75 Å². The molecular formula is C33H39N3O4. The zero-order valence-electron chi connectivity index (χ0n) is 24.0. The van der Waals surface area contributed by atoms with Crippen LogP contribution in [0.5, 0.6) is 5.75 Å². The van der Waals surface area contributed by atoms with Crippen molar-refractivity contribution in [2.75, 3.05) is 6.61 Å². The van der Waals surface area contributed by atoms with Gasteiger partial charge in [0.2, 0.25) is 0 Å². The molecule has 3 aromatic carbocycles. The van der Waals surface area contributed by atoms with Crippen molar-refractivity contribution in [2.45, 2.75) is 77.8 Å². The molecule has 1 fully saturated rings. The third-order valence-electron chi connectivity index (χ3n) is 8.09. The monoisotopic (exact) mass is 541 g/mol. The number of hydrogen-bond donors (Lipinski definition) is 2. The zero-order chi connectivity index (χ0) is 28.5. The van der Waals surface area contributed by atoms with E-state index in [1.165, 1.54) is 11.1 Å². The number of carbonyl (C=O) groups excluding carboxylic acids is 1. The van der Waals surface area contributed by atoms with Crippen LogP contribution >= 0.6 is 0 Å². The lowest BCUT2D eigenvalue weighted by Crippen LogP contribution is -2.54. The van der Waals surface area contributed by atoms with E-state index in [9.17, 15) is 10.0 Å². The van der Waals surface area contributed by atoms with Gasteiger partial charge in [0.15, 0.2) is 5.84 Å². The first-order valence-electron chi connectivity index (χ1n) is 14.0. The first kappa shape index (κ1) is 27.9. The van der Waals surface area contributed by atoms with Gasteiger partial charge in [0.05, 0.1) is 18.2 Å². The number of aryl methyl sites for hydroxylation is 2. The second kappa shape index (κ2) is 11.1. The molecule has 0 aromatic heterocycles. The van der Waals surface area contributed by atoms with E-state index in [2.05, 4.69) is 59.6 Å². The molecule has 2 aliphatic rings. The molecule has 0 saturated carbocycles. The number of fused-ring (bicyclic) bond motifs is 1. The largest absolute Gasteiger partial charge is 0.491 e. The summed E-state index contributed by atoms with van der Waals surface area (Å²) in [6.07, 6.45) is 2.77. The topological polar surface area (TPSA) is 83.4 Å². The van der Waals surface area contributed by atoms with Crippen molar-refractivity contribution < 1.29 is 19.5 Å². The minimum atomic E-state index is -0.386. The molecule has 0 bridgehead atoms. The van der Waals surface area contributed by atoms with Gasteiger partial charge in [-0.2, -0.15) is 0 Å². The second-order valence-electron chi connectivity index (χ2n) is 11.7. The highest BCUT2D eigenvalue weighted by atomic mass is 16.5. The highest BCUT2D eigenvalue weighted by Gasteiger charge is 2.52. The number of amidine groups is 1. The number of nitrogens with one attached hydrogen (secondary N) is 1. The number of rotatable bonds is 6. The van der Waals surface area contributed by atoms with E-state index in [0.717, 1.165) is 42.7 Å². The van der Waals surface area contributed by atoms with Gasteiger partial charge in [-0.1, -0.05) is 41.6 Å². The third kappa shape index (κ3) is 5.62. The molecule has 1 spiro atoms. The molecule has 210 valence electrons. The van der Waals surface area contributed by atoms with Crippen LogP contribution in [0.1, 0.15) is 72.3 Å². The molecule has 1 unspecified atom stereocenters. The SMILES string of the molecule is Cc1cc(/C(=N\O)NC(=O)c2ccc3c(c2)CC2(CC3)COC(C)(C)N2Cc2ccccc2)ccc1OC(C)C. The van der Waals surface area contributed by atoms with Gasteiger partial charge in [-0.25, -0.2) is 0 Å². The molecule has 1 aliphatic heterocycles. The Kier molecular flexibility index (Phi) is 7.71. The van der Waals surface area contributed by atoms with Crippen molar-refractivity contribution >= 4 is 11.7 Å². The number of carbonyl (C=O) groups is 1. The van der Waals surface area contributed by atoms with Gasteiger partial charge in [-0.3, -0.25) is 9.69 Å². The van der Waals surface area contributed by atoms with Crippen molar-refractivity contribution in [1.29, 1.82) is 0 Å². The van der Waals surface area contributed by atoms with Crippen LogP contribution in [0, 0.1) is 6.92 Å². The Bertz CT molecular complexity index is 1420. The summed E-state index contributed by atoms with van der Waals surface area (Å²) in [5, 5.41) is 15.9. The van der Waals surface area contributed by atoms with Crippen LogP contribution in [0.15, 0.2) is 71.9 Å². The highest BCUT2D eigenvalue weighted by Crippen LogP contribution is 2.44. The normalized spacial score (nSPS) is 20.5. The van der Waals surface area contributed by atoms with Gasteiger partial charge < -0.3 is 20.0 Å². The molecule has 7 heteroatoms. The number of oxime groups is 1. The van der Waals surface area contributed by atoms with Gasteiger partial charge in [0.25, 0.3) is 5.91 Å². The third-order valence-corrected chi connectivity index (χ3v) is 8.09. The second-order valence-corrected chi connectivity index (χ2v) is 11.7. The van der Waals surface area contributed by atoms with Crippen LogP contribution in [-0.4, -0.2) is 45.8 Å². The van der Waals surface area contributed by atoms with Crippen LogP contribution in [0.2, 0.25) is 0 Å². The minimum absolute atomic E-state index is 0.0469. The predicted octanol–water partition coefficient (Wildman–Crippen LogP) is 5.84. The summed E-state index contributed by atoms with van der Waals surface area (Å²) in [6.45, 7) is 11.6. The summed E-state index contributed by atoms with van der Waals surface area (Å²) < 4.78 is 12.2. The van der Waals surface area contributed by atoms with Crippen LogP contribution in [0.25, 0.3) is 0 Å². The van der Waals surface area contributed by atoms with Crippen LogP contribution in [0.3, 0.4) is 0 Å². The summed E-state index contributed by atoms with van der Waals surface area (Å²) in [6, 6.07) is 21.8. The average Bonchev–Trinajstić information content (AvgIpc) is 3.17. The maximum atomic E-state index is 13.3. The van der Waals surface area contributed by atoms with Crippen molar-refractivity contribution in [1.82, 2.24) is 10.2 Å². The van der Waals surface area contributed by atoms with Gasteiger partial charge in [0.1, 0.15) is 11.5 Å². The van der Waals surface area contributed by atoms with Crippen LogP contribution in [-0.2, 0) is 24.1 Å². The summed E-state index contributed by atoms with van der Waals surface area (Å²) >= 11 is 0. The molecule has 1 amide bonds. The fraction of sp³-hybridized carbons (Fsp3) is 0.394. The molecule has 1 atom stereocenters. The van der Waals surface area contributed by atoms with Gasteiger partial charge in [-0.05, 0) is 106 Å². The van der Waals surface area contributed by atoms with Crippen molar-refractivity contribution in [3.05, 3.63) is 100 Å². The smallest absolute Gasteiger partial charge is 0.256 e. The maximum absolute atomic E-state index is 13.3. The van der Waals surface area contributed by atoms with Gasteiger partial charge in [-0.15, -0.1) is 0 Å². The molecule has 2 N–H and O–H groups in total. The average molecular weight is 542 g/mol. The number of amides is 1. The Morgan fingerprint density at radius 1 is 1.07 bits per heavy atom. The molecule has 7 nitrogen and oxygen atoms in total. The molecule has 40 heavy (non-hydrogen) atoms. The summed E-state index contributed by atoms with van der Waals surface area (Å²) in [5.41, 5.74) is 5.17. The zero-order valence-corrected chi connectivity index (χ0v) is 24.0. The Balaban J connectivity index is 1.35. The molecule has 0 radical (unpaired) electrons. The Labute approximate surface area is 236 Å². The minimum Gasteiger partial charge on any atom is -0.491 e. The fourth-order valence-corrected chi connectivity index (χ4v) is 6.02. The van der Waals surface area contributed by atoms with E-state index in [1.54, 1.807) is 6.07 Å². The van der Waals surface area contributed by atoms with E-state index in [1.807, 2.05) is 51.1 Å². The number of hydrogen-bond acceptors (Lipinski definition) is 6.